The summed E-state index contributed by atoms with van der Waals surface area (Å²) in [5, 5.41) is 8.61. The van der Waals surface area contributed by atoms with Gasteiger partial charge in [0.05, 0.1) is 20.1 Å². The zero-order chi connectivity index (χ0) is 15.0. The third-order valence-corrected chi connectivity index (χ3v) is 2.68. The molecule has 3 N–H and O–H groups in total. The van der Waals surface area contributed by atoms with Crippen LogP contribution in [0.1, 0.15) is 12.0 Å². The van der Waals surface area contributed by atoms with Crippen LogP contribution in [-0.2, 0) is 25.5 Å². The summed E-state index contributed by atoms with van der Waals surface area (Å²) in [5.74, 6) is -1.50. The Kier molecular flexibility index (Phi) is 6.69. The molecule has 6 nitrogen and oxygen atoms in total. The normalized spacial score (nSPS) is 13.5. The van der Waals surface area contributed by atoms with Crippen LogP contribution in [0.3, 0.4) is 0 Å². The first-order valence-corrected chi connectivity index (χ1v) is 6.23. The van der Waals surface area contributed by atoms with E-state index in [-0.39, 0.29) is 13.0 Å². The summed E-state index contributed by atoms with van der Waals surface area (Å²) >= 11 is 0. The van der Waals surface area contributed by atoms with Crippen molar-refractivity contribution in [3.05, 3.63) is 35.9 Å². The molecule has 0 amide bonds. The third kappa shape index (κ3) is 5.81. The maximum atomic E-state index is 11.6. The van der Waals surface area contributed by atoms with Crippen LogP contribution in [0.2, 0.25) is 0 Å². The van der Waals surface area contributed by atoms with Gasteiger partial charge in [-0.1, -0.05) is 30.3 Å². The van der Waals surface area contributed by atoms with E-state index in [1.54, 1.807) is 0 Å². The Hall–Kier alpha value is -1.92. The number of carbonyl (C=O) groups is 2. The Morgan fingerprint density at radius 1 is 1.30 bits per heavy atom. The minimum Gasteiger partial charge on any atom is -0.481 e. The van der Waals surface area contributed by atoms with Crippen molar-refractivity contribution in [3.8, 4) is 0 Å². The van der Waals surface area contributed by atoms with Gasteiger partial charge in [0.1, 0.15) is 0 Å². The van der Waals surface area contributed by atoms with Crippen molar-refractivity contribution in [2.45, 2.75) is 25.0 Å². The lowest BCUT2D eigenvalue weighted by molar-refractivity contribution is -0.154. The van der Waals surface area contributed by atoms with Gasteiger partial charge in [0.25, 0.3) is 0 Å². The highest BCUT2D eigenvalue weighted by Gasteiger charge is 2.22. The first kappa shape index (κ1) is 16.1. The van der Waals surface area contributed by atoms with Gasteiger partial charge in [0.15, 0.2) is 6.10 Å². The number of benzene rings is 1. The van der Waals surface area contributed by atoms with Gasteiger partial charge in [-0.05, 0) is 5.56 Å². The molecule has 1 aromatic carbocycles. The van der Waals surface area contributed by atoms with Gasteiger partial charge < -0.3 is 20.3 Å². The molecule has 20 heavy (non-hydrogen) atoms. The molecule has 0 fully saturated rings. The van der Waals surface area contributed by atoms with Crippen LogP contribution >= 0.6 is 0 Å². The first-order chi connectivity index (χ1) is 9.52. The fourth-order valence-corrected chi connectivity index (χ4v) is 1.69. The average molecular weight is 281 g/mol. The Labute approximate surface area is 117 Å². The van der Waals surface area contributed by atoms with E-state index >= 15 is 0 Å². The number of methoxy groups -OCH3 is 1. The van der Waals surface area contributed by atoms with Crippen molar-refractivity contribution in [1.82, 2.24) is 0 Å². The highest BCUT2D eigenvalue weighted by Crippen LogP contribution is 2.08. The Morgan fingerprint density at radius 2 is 1.95 bits per heavy atom. The molecule has 0 saturated heterocycles. The van der Waals surface area contributed by atoms with Gasteiger partial charge in [-0.25, -0.2) is 4.79 Å². The summed E-state index contributed by atoms with van der Waals surface area (Å²) in [7, 11) is 1.28. The van der Waals surface area contributed by atoms with E-state index in [0.717, 1.165) is 5.56 Å². The van der Waals surface area contributed by atoms with Crippen molar-refractivity contribution in [2.24, 2.45) is 5.73 Å². The highest BCUT2D eigenvalue weighted by molar-refractivity contribution is 5.75. The minimum absolute atomic E-state index is 0.0150. The summed E-state index contributed by atoms with van der Waals surface area (Å²) in [6, 6.07) is 8.68. The highest BCUT2D eigenvalue weighted by atomic mass is 16.6. The van der Waals surface area contributed by atoms with Crippen LogP contribution in [0.25, 0.3) is 0 Å². The van der Waals surface area contributed by atoms with Crippen molar-refractivity contribution >= 4 is 11.9 Å². The number of rotatable bonds is 8. The second-order valence-electron chi connectivity index (χ2n) is 4.39. The van der Waals surface area contributed by atoms with Gasteiger partial charge in [-0.15, -0.1) is 0 Å². The summed E-state index contributed by atoms with van der Waals surface area (Å²) in [4.78, 5) is 22.2. The zero-order valence-corrected chi connectivity index (χ0v) is 11.3. The fraction of sp³-hybridized carbons (Fsp3) is 0.429. The Bertz CT molecular complexity index is 434. The molecule has 0 heterocycles. The van der Waals surface area contributed by atoms with Crippen molar-refractivity contribution in [2.75, 3.05) is 13.7 Å². The average Bonchev–Trinajstić information content (AvgIpc) is 2.43. The monoisotopic (exact) mass is 281 g/mol. The summed E-state index contributed by atoms with van der Waals surface area (Å²) < 4.78 is 10.1. The molecule has 0 bridgehead atoms. The largest absolute Gasteiger partial charge is 0.481 e. The lowest BCUT2D eigenvalue weighted by Gasteiger charge is -2.18. The van der Waals surface area contributed by atoms with E-state index in [4.69, 9.17) is 15.6 Å². The molecule has 110 valence electrons. The smallest absolute Gasteiger partial charge is 0.335 e. The van der Waals surface area contributed by atoms with E-state index in [2.05, 4.69) is 4.74 Å². The molecule has 1 aromatic rings. The van der Waals surface area contributed by atoms with Crippen molar-refractivity contribution < 1.29 is 24.2 Å². The molecular formula is C14H19NO5. The molecule has 0 radical (unpaired) electrons. The molecule has 0 spiro atoms. The lowest BCUT2D eigenvalue weighted by Crippen LogP contribution is -2.35. The second-order valence-corrected chi connectivity index (χ2v) is 4.39. The lowest BCUT2D eigenvalue weighted by atomic mass is 10.1. The van der Waals surface area contributed by atoms with Crippen LogP contribution in [0.5, 0.6) is 0 Å². The van der Waals surface area contributed by atoms with E-state index < -0.39 is 24.1 Å². The Balaban J connectivity index is 2.57. The molecule has 2 unspecified atom stereocenters. The number of hydrogen-bond acceptors (Lipinski definition) is 5. The molecule has 0 saturated carbocycles. The van der Waals surface area contributed by atoms with Crippen LogP contribution in [0, 0.1) is 0 Å². The van der Waals surface area contributed by atoms with Gasteiger partial charge in [-0.3, -0.25) is 4.79 Å². The van der Waals surface area contributed by atoms with E-state index in [1.165, 1.54) is 7.11 Å². The summed E-state index contributed by atoms with van der Waals surface area (Å²) in [6.45, 7) is -0.0150. The summed E-state index contributed by atoms with van der Waals surface area (Å²) in [5.41, 5.74) is 6.53. The van der Waals surface area contributed by atoms with Crippen LogP contribution in [0.15, 0.2) is 30.3 Å². The van der Waals surface area contributed by atoms with Crippen LogP contribution in [0.4, 0.5) is 0 Å². The van der Waals surface area contributed by atoms with E-state index in [0.29, 0.717) is 6.42 Å². The predicted molar refractivity (Wildman–Crippen MR) is 72.1 cm³/mol. The molecular weight excluding hydrogens is 262 g/mol. The number of carboxylic acid groups (broad SMARTS) is 1. The van der Waals surface area contributed by atoms with Gasteiger partial charge >= 0.3 is 11.9 Å². The molecule has 0 aliphatic heterocycles. The third-order valence-electron chi connectivity index (χ3n) is 2.68. The maximum Gasteiger partial charge on any atom is 0.335 e. The standard InChI is InChI=1S/C14H19NO5/c1-19-14(18)12(7-10-5-3-2-4-6-10)20-9-11(15)8-13(16)17/h2-6,11-12H,7-9,15H2,1H3,(H,16,17). The molecule has 0 aliphatic rings. The summed E-state index contributed by atoms with van der Waals surface area (Å²) in [6.07, 6.45) is -0.644. The number of carbonyl (C=O) groups excluding carboxylic acids is 1. The van der Waals surface area contributed by atoms with Gasteiger partial charge in [-0.2, -0.15) is 0 Å². The molecule has 2 atom stereocenters. The Morgan fingerprint density at radius 3 is 2.50 bits per heavy atom. The quantitative estimate of drug-likeness (QED) is 0.677. The minimum atomic E-state index is -1.00. The number of ether oxygens (including phenoxy) is 2. The number of hydrogen-bond donors (Lipinski definition) is 2. The number of carboxylic acids is 1. The number of nitrogens with two attached hydrogens (primary N) is 1. The number of esters is 1. The van der Waals surface area contributed by atoms with E-state index in [9.17, 15) is 9.59 Å². The van der Waals surface area contributed by atoms with Crippen molar-refractivity contribution in [3.63, 3.8) is 0 Å². The fourth-order valence-electron chi connectivity index (χ4n) is 1.69. The zero-order valence-electron chi connectivity index (χ0n) is 11.3. The first-order valence-electron chi connectivity index (χ1n) is 6.23. The molecule has 6 heteroatoms. The van der Waals surface area contributed by atoms with Crippen LogP contribution in [-0.4, -0.2) is 42.9 Å². The van der Waals surface area contributed by atoms with Crippen LogP contribution < -0.4 is 5.73 Å². The molecule has 0 aliphatic carbocycles. The van der Waals surface area contributed by atoms with E-state index in [1.807, 2.05) is 30.3 Å². The topological polar surface area (TPSA) is 98.9 Å². The number of aliphatic carboxylic acids is 1. The maximum absolute atomic E-state index is 11.6. The molecule has 1 rings (SSSR count). The van der Waals surface area contributed by atoms with Crippen molar-refractivity contribution in [1.29, 1.82) is 0 Å². The molecule has 0 aromatic heterocycles. The predicted octanol–water partition coefficient (Wildman–Crippen LogP) is 0.589. The van der Waals surface area contributed by atoms with Gasteiger partial charge in [0, 0.05) is 12.5 Å². The second kappa shape index (κ2) is 8.29. The van der Waals surface area contributed by atoms with Gasteiger partial charge in [0.2, 0.25) is 0 Å². The SMILES string of the molecule is COC(=O)C(Cc1ccccc1)OCC(N)CC(=O)O.